The standard InChI is InChI=1S/C48H31N3/c1-4-14-32(15-5-1)34-18-10-22-37(30-34)50-41-26-12-24-39-45(41)47-43(50)28-29-44-48(47)46-40(49(39)36-20-8-3-9-21-36)25-13-27-42(46)51(44)38-23-11-19-35(31-38)33-16-6-2-7-17-33/h1-31H. The van der Waals surface area contributed by atoms with Crippen molar-refractivity contribution in [2.24, 2.45) is 0 Å². The Morgan fingerprint density at radius 2 is 0.529 bits per heavy atom. The van der Waals surface area contributed by atoms with Gasteiger partial charge in [-0.05, 0) is 95.1 Å². The SMILES string of the molecule is c1ccc(-c2cccc(-n3c4ccc5c6c4c4c3cccc4n(-c3ccccc3)c3cccc(c63)n5-c3cccc(-c4ccccc4)c3)c2)cc1. The second kappa shape index (κ2) is 10.8. The molecule has 0 atom stereocenters. The third kappa shape index (κ3) is 4.06. The lowest BCUT2D eigenvalue weighted by Gasteiger charge is -2.14. The van der Waals surface area contributed by atoms with Crippen molar-refractivity contribution in [1.29, 1.82) is 0 Å². The zero-order chi connectivity index (χ0) is 33.5. The van der Waals surface area contributed by atoms with Gasteiger partial charge in [-0.2, -0.15) is 0 Å². The zero-order valence-electron chi connectivity index (χ0n) is 27.7. The maximum absolute atomic E-state index is 2.47. The van der Waals surface area contributed by atoms with Gasteiger partial charge in [0, 0.05) is 38.6 Å². The molecule has 3 heterocycles. The Morgan fingerprint density at radius 3 is 0.961 bits per heavy atom. The van der Waals surface area contributed by atoms with E-state index < -0.39 is 0 Å². The maximum Gasteiger partial charge on any atom is 0.0562 e. The summed E-state index contributed by atoms with van der Waals surface area (Å²) in [6.45, 7) is 0. The molecule has 0 N–H and O–H groups in total. The van der Waals surface area contributed by atoms with Crippen molar-refractivity contribution in [3.63, 3.8) is 0 Å². The first-order valence-corrected chi connectivity index (χ1v) is 17.5. The summed E-state index contributed by atoms with van der Waals surface area (Å²) in [5, 5.41) is 5.11. The molecule has 0 bridgehead atoms. The van der Waals surface area contributed by atoms with E-state index in [1.807, 2.05) is 0 Å². The highest BCUT2D eigenvalue weighted by atomic mass is 15.0. The average Bonchev–Trinajstić information content (AvgIpc) is 3.68. The minimum atomic E-state index is 1.14. The van der Waals surface area contributed by atoms with Crippen LogP contribution in [0.15, 0.2) is 188 Å². The van der Waals surface area contributed by atoms with Crippen LogP contribution < -0.4 is 0 Å². The van der Waals surface area contributed by atoms with Crippen LogP contribution in [0.1, 0.15) is 0 Å². The predicted octanol–water partition coefficient (Wildman–Crippen LogP) is 12.6. The van der Waals surface area contributed by atoms with Gasteiger partial charge in [-0.25, -0.2) is 0 Å². The molecule has 0 spiro atoms. The van der Waals surface area contributed by atoms with E-state index in [2.05, 4.69) is 202 Å². The Labute approximate surface area is 294 Å². The summed E-state index contributed by atoms with van der Waals surface area (Å²) in [5.74, 6) is 0. The Kier molecular flexibility index (Phi) is 5.96. The highest BCUT2D eigenvalue weighted by Crippen LogP contribution is 2.47. The van der Waals surface area contributed by atoms with Gasteiger partial charge < -0.3 is 13.7 Å². The summed E-state index contributed by atoms with van der Waals surface area (Å²) < 4.78 is 7.41. The second-order valence-electron chi connectivity index (χ2n) is 13.4. The Bertz CT molecular complexity index is 2860. The zero-order valence-corrected chi connectivity index (χ0v) is 27.7. The smallest absolute Gasteiger partial charge is 0.0562 e. The molecule has 0 unspecified atom stereocenters. The third-order valence-corrected chi connectivity index (χ3v) is 10.6. The van der Waals surface area contributed by atoms with Crippen LogP contribution in [0.4, 0.5) is 0 Å². The van der Waals surface area contributed by atoms with Crippen LogP contribution in [0.3, 0.4) is 0 Å². The molecule has 3 aromatic heterocycles. The molecule has 0 saturated heterocycles. The summed E-state index contributed by atoms with van der Waals surface area (Å²) >= 11 is 0. The van der Waals surface area contributed by atoms with Crippen LogP contribution >= 0.6 is 0 Å². The minimum Gasteiger partial charge on any atom is -0.309 e. The number of aromatic nitrogens is 3. The quantitative estimate of drug-likeness (QED) is 0.176. The van der Waals surface area contributed by atoms with Crippen molar-refractivity contribution in [2.45, 2.75) is 0 Å². The molecule has 8 aromatic carbocycles. The molecule has 3 nitrogen and oxygen atoms in total. The van der Waals surface area contributed by atoms with E-state index in [1.165, 1.54) is 76.9 Å². The van der Waals surface area contributed by atoms with E-state index in [0.29, 0.717) is 0 Å². The molecule has 51 heavy (non-hydrogen) atoms. The van der Waals surface area contributed by atoms with Crippen molar-refractivity contribution in [3.8, 4) is 39.3 Å². The van der Waals surface area contributed by atoms with E-state index in [4.69, 9.17) is 0 Å². The van der Waals surface area contributed by atoms with E-state index in [1.54, 1.807) is 0 Å². The molecule has 0 aliphatic rings. The topological polar surface area (TPSA) is 14.8 Å². The number of benzene rings is 8. The van der Waals surface area contributed by atoms with Crippen molar-refractivity contribution < 1.29 is 0 Å². The summed E-state index contributed by atoms with van der Waals surface area (Å²) in [6.07, 6.45) is 0. The van der Waals surface area contributed by atoms with E-state index in [0.717, 1.165) is 17.1 Å². The fraction of sp³-hybridized carbons (Fsp3) is 0. The summed E-state index contributed by atoms with van der Waals surface area (Å²) in [7, 11) is 0. The number of rotatable bonds is 5. The molecule has 0 aliphatic carbocycles. The largest absolute Gasteiger partial charge is 0.309 e. The molecular weight excluding hydrogens is 619 g/mol. The van der Waals surface area contributed by atoms with Gasteiger partial charge in [0.1, 0.15) is 0 Å². The van der Waals surface area contributed by atoms with Crippen LogP contribution in [-0.2, 0) is 0 Å². The van der Waals surface area contributed by atoms with Gasteiger partial charge in [-0.15, -0.1) is 0 Å². The van der Waals surface area contributed by atoms with Gasteiger partial charge in [0.15, 0.2) is 0 Å². The average molecular weight is 650 g/mol. The first kappa shape index (κ1) is 28.0. The van der Waals surface area contributed by atoms with E-state index in [9.17, 15) is 0 Å². The second-order valence-corrected chi connectivity index (χ2v) is 13.4. The molecule has 0 aliphatic heterocycles. The summed E-state index contributed by atoms with van der Waals surface area (Å²) in [5.41, 5.74) is 15.5. The number of hydrogen-bond donors (Lipinski definition) is 0. The maximum atomic E-state index is 2.47. The lowest BCUT2D eigenvalue weighted by atomic mass is 10.0. The molecule has 0 radical (unpaired) electrons. The lowest BCUT2D eigenvalue weighted by Crippen LogP contribution is -1.98. The van der Waals surface area contributed by atoms with Gasteiger partial charge in [-0.1, -0.05) is 115 Å². The normalized spacial score (nSPS) is 11.9. The minimum absolute atomic E-state index is 1.14. The van der Waals surface area contributed by atoms with Gasteiger partial charge >= 0.3 is 0 Å². The fourth-order valence-electron chi connectivity index (χ4n) is 8.48. The first-order chi connectivity index (χ1) is 25.3. The summed E-state index contributed by atoms with van der Waals surface area (Å²) in [4.78, 5) is 0. The third-order valence-electron chi connectivity index (χ3n) is 10.6. The van der Waals surface area contributed by atoms with Crippen molar-refractivity contribution in [3.05, 3.63) is 188 Å². The van der Waals surface area contributed by atoms with E-state index in [-0.39, 0.29) is 0 Å². The lowest BCUT2D eigenvalue weighted by molar-refractivity contribution is 1.16. The highest BCUT2D eigenvalue weighted by Gasteiger charge is 2.25. The van der Waals surface area contributed by atoms with Gasteiger partial charge in [0.25, 0.3) is 0 Å². The van der Waals surface area contributed by atoms with Crippen molar-refractivity contribution in [1.82, 2.24) is 13.7 Å². The van der Waals surface area contributed by atoms with Crippen LogP contribution in [0.5, 0.6) is 0 Å². The molecular formula is C48H31N3. The van der Waals surface area contributed by atoms with Crippen LogP contribution in [0.25, 0.3) is 94.0 Å². The molecule has 0 fully saturated rings. The van der Waals surface area contributed by atoms with Gasteiger partial charge in [0.05, 0.1) is 33.1 Å². The molecule has 11 rings (SSSR count). The van der Waals surface area contributed by atoms with Crippen molar-refractivity contribution >= 4 is 54.6 Å². The van der Waals surface area contributed by atoms with Crippen LogP contribution in [0.2, 0.25) is 0 Å². The molecule has 11 aromatic rings. The Hall–Kier alpha value is -6.84. The predicted molar refractivity (Wildman–Crippen MR) is 214 cm³/mol. The monoisotopic (exact) mass is 649 g/mol. The molecule has 238 valence electrons. The Balaban J connectivity index is 1.31. The fourth-order valence-corrected chi connectivity index (χ4v) is 8.48. The van der Waals surface area contributed by atoms with Crippen LogP contribution in [-0.4, -0.2) is 13.7 Å². The van der Waals surface area contributed by atoms with Crippen molar-refractivity contribution in [2.75, 3.05) is 0 Å². The first-order valence-electron chi connectivity index (χ1n) is 17.5. The molecule has 3 heteroatoms. The summed E-state index contributed by atoms with van der Waals surface area (Å²) in [6, 6.07) is 68.4. The number of nitrogens with zero attached hydrogens (tertiary/aromatic N) is 3. The highest BCUT2D eigenvalue weighted by molar-refractivity contribution is 6.35. The Morgan fingerprint density at radius 1 is 0.216 bits per heavy atom. The molecule has 0 saturated carbocycles. The number of para-hydroxylation sites is 1. The van der Waals surface area contributed by atoms with E-state index >= 15 is 0 Å². The van der Waals surface area contributed by atoms with Gasteiger partial charge in [-0.3, -0.25) is 0 Å². The number of hydrogen-bond acceptors (Lipinski definition) is 0. The van der Waals surface area contributed by atoms with Gasteiger partial charge in [0.2, 0.25) is 0 Å². The molecule has 0 amide bonds. The van der Waals surface area contributed by atoms with Crippen LogP contribution in [0, 0.1) is 0 Å².